The predicted molar refractivity (Wildman–Crippen MR) is 73.6 cm³/mol. The van der Waals surface area contributed by atoms with E-state index in [9.17, 15) is 14.0 Å². The smallest absolute Gasteiger partial charge is 0.246 e. The molecule has 1 saturated heterocycles. The largest absolute Gasteiger partial charge is 0.343 e. The highest BCUT2D eigenvalue weighted by molar-refractivity contribution is 6.31. The summed E-state index contributed by atoms with van der Waals surface area (Å²) in [5, 5.41) is 2.66. The van der Waals surface area contributed by atoms with Gasteiger partial charge in [-0.25, -0.2) is 4.39 Å². The maximum atomic E-state index is 13.4. The lowest BCUT2D eigenvalue weighted by Gasteiger charge is -2.37. The molecule has 1 fully saturated rings. The molecule has 2 unspecified atom stereocenters. The number of halogens is 2. The van der Waals surface area contributed by atoms with Crippen molar-refractivity contribution in [1.82, 2.24) is 10.2 Å². The second-order valence-corrected chi connectivity index (χ2v) is 5.20. The Hall–Kier alpha value is -1.62. The standard InChI is InChI=1S/C14H16ClFN2O2/c1-3-11-14(20)18(8(2)13(19)17-11)7-9-5-4-6-10(16)12(9)15/h4-6,8,11H,3,7H2,1-2H3,(H,17,19). The molecule has 1 aliphatic heterocycles. The summed E-state index contributed by atoms with van der Waals surface area (Å²) in [7, 11) is 0. The van der Waals surface area contributed by atoms with Crippen LogP contribution < -0.4 is 5.32 Å². The summed E-state index contributed by atoms with van der Waals surface area (Å²) in [4.78, 5) is 25.6. The van der Waals surface area contributed by atoms with E-state index >= 15 is 0 Å². The number of nitrogens with zero attached hydrogens (tertiary/aromatic N) is 1. The molecule has 2 atom stereocenters. The average Bonchev–Trinajstić information content (AvgIpc) is 2.43. The zero-order valence-electron chi connectivity index (χ0n) is 11.3. The lowest BCUT2D eigenvalue weighted by Crippen LogP contribution is -2.61. The highest BCUT2D eigenvalue weighted by Crippen LogP contribution is 2.23. The number of amides is 2. The second kappa shape index (κ2) is 5.79. The normalized spacial score (nSPS) is 22.9. The van der Waals surface area contributed by atoms with Crippen LogP contribution in [0.1, 0.15) is 25.8 Å². The first-order valence-corrected chi connectivity index (χ1v) is 6.87. The van der Waals surface area contributed by atoms with E-state index in [0.29, 0.717) is 12.0 Å². The number of hydrogen-bond acceptors (Lipinski definition) is 2. The molecule has 1 aromatic carbocycles. The molecule has 0 bridgehead atoms. The second-order valence-electron chi connectivity index (χ2n) is 4.82. The quantitative estimate of drug-likeness (QED) is 0.929. The van der Waals surface area contributed by atoms with Gasteiger partial charge in [-0.3, -0.25) is 9.59 Å². The van der Waals surface area contributed by atoms with Crippen LogP contribution in [0.25, 0.3) is 0 Å². The van der Waals surface area contributed by atoms with Crippen LogP contribution in [0.4, 0.5) is 4.39 Å². The first-order valence-electron chi connectivity index (χ1n) is 6.49. The number of hydrogen-bond donors (Lipinski definition) is 1. The predicted octanol–water partition coefficient (Wildman–Crippen LogP) is 2.10. The van der Waals surface area contributed by atoms with Gasteiger partial charge in [0, 0.05) is 6.54 Å². The minimum Gasteiger partial charge on any atom is -0.343 e. The Morgan fingerprint density at radius 1 is 1.40 bits per heavy atom. The molecule has 1 aliphatic rings. The van der Waals surface area contributed by atoms with Gasteiger partial charge >= 0.3 is 0 Å². The monoisotopic (exact) mass is 298 g/mol. The van der Waals surface area contributed by atoms with Crippen LogP contribution in [0.15, 0.2) is 18.2 Å². The van der Waals surface area contributed by atoms with E-state index in [1.165, 1.54) is 17.0 Å². The summed E-state index contributed by atoms with van der Waals surface area (Å²) in [5.74, 6) is -0.901. The highest BCUT2D eigenvalue weighted by atomic mass is 35.5. The molecular formula is C14H16ClFN2O2. The fourth-order valence-corrected chi connectivity index (χ4v) is 2.42. The maximum absolute atomic E-state index is 13.4. The van der Waals surface area contributed by atoms with Crippen LogP contribution in [0.3, 0.4) is 0 Å². The molecule has 1 aromatic rings. The Labute approximate surface area is 121 Å². The van der Waals surface area contributed by atoms with Crippen LogP contribution in [-0.4, -0.2) is 28.8 Å². The van der Waals surface area contributed by atoms with Crippen LogP contribution in [0.5, 0.6) is 0 Å². The summed E-state index contributed by atoms with van der Waals surface area (Å²) in [5.41, 5.74) is 0.497. The Morgan fingerprint density at radius 3 is 2.75 bits per heavy atom. The van der Waals surface area contributed by atoms with E-state index in [4.69, 9.17) is 11.6 Å². The Bertz CT molecular complexity index is 550. The van der Waals surface area contributed by atoms with Gasteiger partial charge in [0.1, 0.15) is 17.9 Å². The summed E-state index contributed by atoms with van der Waals surface area (Å²) in [6.07, 6.45) is 0.519. The van der Waals surface area contributed by atoms with Crippen molar-refractivity contribution in [3.8, 4) is 0 Å². The fraction of sp³-hybridized carbons (Fsp3) is 0.429. The molecule has 2 rings (SSSR count). The zero-order valence-corrected chi connectivity index (χ0v) is 12.1. The minimum atomic E-state index is -0.593. The lowest BCUT2D eigenvalue weighted by atomic mass is 10.0. The molecule has 0 aliphatic carbocycles. The van der Waals surface area contributed by atoms with Crippen molar-refractivity contribution in [1.29, 1.82) is 0 Å². The van der Waals surface area contributed by atoms with E-state index in [1.807, 2.05) is 6.92 Å². The van der Waals surface area contributed by atoms with E-state index in [2.05, 4.69) is 5.32 Å². The number of carbonyl (C=O) groups excluding carboxylic acids is 2. The third kappa shape index (κ3) is 2.63. The highest BCUT2D eigenvalue weighted by Gasteiger charge is 2.37. The minimum absolute atomic E-state index is 0.00784. The summed E-state index contributed by atoms with van der Waals surface area (Å²) < 4.78 is 13.4. The van der Waals surface area contributed by atoms with Crippen LogP contribution in [0, 0.1) is 5.82 Å². The van der Waals surface area contributed by atoms with Gasteiger partial charge in [-0.2, -0.15) is 0 Å². The van der Waals surface area contributed by atoms with Gasteiger partial charge in [0.05, 0.1) is 5.02 Å². The van der Waals surface area contributed by atoms with Crippen molar-refractivity contribution in [2.75, 3.05) is 0 Å². The first kappa shape index (κ1) is 14.8. The Morgan fingerprint density at radius 2 is 2.10 bits per heavy atom. The molecule has 0 aromatic heterocycles. The van der Waals surface area contributed by atoms with Crippen molar-refractivity contribution >= 4 is 23.4 Å². The molecule has 2 amide bonds. The van der Waals surface area contributed by atoms with E-state index < -0.39 is 17.9 Å². The maximum Gasteiger partial charge on any atom is 0.246 e. The van der Waals surface area contributed by atoms with Gasteiger partial charge < -0.3 is 10.2 Å². The van der Waals surface area contributed by atoms with Crippen molar-refractivity contribution in [2.45, 2.75) is 38.9 Å². The third-order valence-corrected chi connectivity index (χ3v) is 3.95. The lowest BCUT2D eigenvalue weighted by molar-refractivity contribution is -0.149. The van der Waals surface area contributed by atoms with Crippen molar-refractivity contribution in [3.05, 3.63) is 34.6 Å². The molecule has 20 heavy (non-hydrogen) atoms. The van der Waals surface area contributed by atoms with Crippen molar-refractivity contribution < 1.29 is 14.0 Å². The fourth-order valence-electron chi connectivity index (χ4n) is 2.23. The number of piperazine rings is 1. The SMILES string of the molecule is CCC1NC(=O)C(C)N(Cc2cccc(F)c2Cl)C1=O. The molecule has 0 radical (unpaired) electrons. The average molecular weight is 299 g/mol. The first-order chi connectivity index (χ1) is 9.45. The molecule has 1 N–H and O–H groups in total. The molecule has 0 spiro atoms. The topological polar surface area (TPSA) is 49.4 Å². The summed E-state index contributed by atoms with van der Waals surface area (Å²) in [6.45, 7) is 3.60. The number of rotatable bonds is 3. The Kier molecular flexibility index (Phi) is 4.28. The number of benzene rings is 1. The van der Waals surface area contributed by atoms with Crippen molar-refractivity contribution in [3.63, 3.8) is 0 Å². The van der Waals surface area contributed by atoms with Gasteiger partial charge in [0.15, 0.2) is 0 Å². The number of carbonyl (C=O) groups is 2. The molecule has 1 heterocycles. The summed E-state index contributed by atoms with van der Waals surface area (Å²) in [6, 6.07) is 3.33. The summed E-state index contributed by atoms with van der Waals surface area (Å²) >= 11 is 5.90. The van der Waals surface area contributed by atoms with Gasteiger partial charge in [-0.15, -0.1) is 0 Å². The van der Waals surface area contributed by atoms with E-state index in [0.717, 1.165) is 0 Å². The molecule has 108 valence electrons. The molecule has 0 saturated carbocycles. The zero-order chi connectivity index (χ0) is 14.9. The number of nitrogens with one attached hydrogen (secondary N) is 1. The van der Waals surface area contributed by atoms with E-state index in [-0.39, 0.29) is 23.4 Å². The van der Waals surface area contributed by atoms with Gasteiger partial charge in [0.2, 0.25) is 11.8 Å². The van der Waals surface area contributed by atoms with E-state index in [1.54, 1.807) is 13.0 Å². The molecule has 6 heteroatoms. The van der Waals surface area contributed by atoms with Crippen LogP contribution in [-0.2, 0) is 16.1 Å². The van der Waals surface area contributed by atoms with Gasteiger partial charge in [-0.1, -0.05) is 30.7 Å². The Balaban J connectivity index is 2.27. The molecular weight excluding hydrogens is 283 g/mol. The molecule has 4 nitrogen and oxygen atoms in total. The van der Waals surface area contributed by atoms with Gasteiger partial charge in [-0.05, 0) is 25.0 Å². The van der Waals surface area contributed by atoms with Crippen LogP contribution in [0.2, 0.25) is 5.02 Å². The van der Waals surface area contributed by atoms with Crippen molar-refractivity contribution in [2.24, 2.45) is 0 Å². The van der Waals surface area contributed by atoms with Gasteiger partial charge in [0.25, 0.3) is 0 Å². The van der Waals surface area contributed by atoms with Crippen LogP contribution >= 0.6 is 11.6 Å². The third-order valence-electron chi connectivity index (χ3n) is 3.53.